The second-order valence-corrected chi connectivity index (χ2v) is 8.53. The first-order chi connectivity index (χ1) is 13.9. The van der Waals surface area contributed by atoms with Crippen molar-refractivity contribution in [3.63, 3.8) is 0 Å². The van der Waals surface area contributed by atoms with Crippen molar-refractivity contribution in [3.8, 4) is 11.5 Å². The second-order valence-electron chi connectivity index (χ2n) is 8.53. The molecule has 1 aromatic carbocycles. The first-order valence-electron chi connectivity index (χ1n) is 10.1. The topological polar surface area (TPSA) is 94.5 Å². The van der Waals surface area contributed by atoms with Gasteiger partial charge in [0.05, 0.1) is 18.1 Å². The quantitative estimate of drug-likeness (QED) is 0.758. The van der Waals surface area contributed by atoms with Crippen LogP contribution in [0.5, 0.6) is 11.5 Å². The maximum absolute atomic E-state index is 12.8. The highest BCUT2D eigenvalue weighted by molar-refractivity contribution is 5.94. The summed E-state index contributed by atoms with van der Waals surface area (Å²) in [7, 11) is 2.09. The molecule has 1 N–H and O–H groups in total. The van der Waals surface area contributed by atoms with Crippen LogP contribution in [0.4, 0.5) is 0 Å². The Morgan fingerprint density at radius 2 is 2.10 bits per heavy atom. The molecule has 3 aliphatic heterocycles. The van der Waals surface area contributed by atoms with E-state index < -0.39 is 30.3 Å². The smallest absolute Gasteiger partial charge is 0.338 e. The minimum absolute atomic E-state index is 0.0783. The number of fused-ring (bicyclic) bond motifs is 6. The van der Waals surface area contributed by atoms with E-state index in [1.54, 1.807) is 13.0 Å². The van der Waals surface area contributed by atoms with Crippen molar-refractivity contribution in [1.82, 2.24) is 4.90 Å². The molecule has 5 rings (SSSR count). The fourth-order valence-electron chi connectivity index (χ4n) is 5.41. The number of aliphatic hydroxyl groups is 1. The Balaban J connectivity index is 1.54. The maximum atomic E-state index is 12.8. The van der Waals surface area contributed by atoms with Crippen LogP contribution in [-0.2, 0) is 14.3 Å². The van der Waals surface area contributed by atoms with Crippen molar-refractivity contribution in [3.05, 3.63) is 23.3 Å². The van der Waals surface area contributed by atoms with Crippen LogP contribution in [0.2, 0.25) is 0 Å². The van der Waals surface area contributed by atoms with Crippen LogP contribution < -0.4 is 9.47 Å². The summed E-state index contributed by atoms with van der Waals surface area (Å²) >= 11 is 0. The Labute approximate surface area is 168 Å². The highest BCUT2D eigenvalue weighted by Crippen LogP contribution is 2.51. The number of carbonyl (C=O) groups excluding carboxylic acids is 2. The molecule has 0 radical (unpaired) electrons. The highest BCUT2D eigenvalue weighted by atomic mass is 16.7. The Morgan fingerprint density at radius 3 is 2.86 bits per heavy atom. The van der Waals surface area contributed by atoms with Crippen LogP contribution in [0.1, 0.15) is 48.0 Å². The Hall–Kier alpha value is -2.32. The molecule has 0 unspecified atom stereocenters. The molecule has 29 heavy (non-hydrogen) atoms. The summed E-state index contributed by atoms with van der Waals surface area (Å²) in [6, 6.07) is 3.78. The van der Waals surface area contributed by atoms with E-state index in [2.05, 4.69) is 11.9 Å². The van der Waals surface area contributed by atoms with E-state index in [4.69, 9.17) is 18.9 Å². The van der Waals surface area contributed by atoms with Gasteiger partial charge in [-0.3, -0.25) is 4.79 Å². The molecule has 1 aromatic rings. The Bertz CT molecular complexity index is 854. The zero-order valence-electron chi connectivity index (χ0n) is 16.5. The van der Waals surface area contributed by atoms with Gasteiger partial charge in [-0.2, -0.15) is 0 Å². The van der Waals surface area contributed by atoms with Gasteiger partial charge < -0.3 is 29.0 Å². The molecular formula is C21H25NO7. The molecule has 3 heterocycles. The predicted molar refractivity (Wildman–Crippen MR) is 99.8 cm³/mol. The summed E-state index contributed by atoms with van der Waals surface area (Å²) < 4.78 is 22.6. The van der Waals surface area contributed by atoms with Crippen molar-refractivity contribution < 1.29 is 33.6 Å². The zero-order valence-corrected chi connectivity index (χ0v) is 16.5. The number of likely N-dealkylation sites (tertiary alicyclic amines) is 1. The number of ether oxygens (including phenoxy) is 4. The third-order valence-electron chi connectivity index (χ3n) is 6.58. The summed E-state index contributed by atoms with van der Waals surface area (Å²) in [4.78, 5) is 27.4. The van der Waals surface area contributed by atoms with E-state index in [0.29, 0.717) is 29.4 Å². The van der Waals surface area contributed by atoms with E-state index in [9.17, 15) is 14.7 Å². The molecule has 8 heteroatoms. The van der Waals surface area contributed by atoms with E-state index >= 15 is 0 Å². The van der Waals surface area contributed by atoms with E-state index in [1.807, 2.05) is 6.07 Å². The predicted octanol–water partition coefficient (Wildman–Crippen LogP) is 1.44. The minimum Gasteiger partial charge on any atom is -0.458 e. The van der Waals surface area contributed by atoms with Gasteiger partial charge in [-0.1, -0.05) is 0 Å². The summed E-state index contributed by atoms with van der Waals surface area (Å²) in [5.74, 6) is 0.485. The van der Waals surface area contributed by atoms with Gasteiger partial charge in [0, 0.05) is 12.0 Å². The molecule has 2 fully saturated rings. The molecule has 156 valence electrons. The van der Waals surface area contributed by atoms with Gasteiger partial charge in [0.25, 0.3) is 0 Å². The molecule has 1 saturated heterocycles. The first kappa shape index (κ1) is 18.7. The number of nitrogens with zero attached hydrogens (tertiary/aromatic N) is 1. The van der Waals surface area contributed by atoms with Crippen molar-refractivity contribution in [1.29, 1.82) is 0 Å². The largest absolute Gasteiger partial charge is 0.458 e. The number of rotatable bonds is 3. The number of hydrogen-bond acceptors (Lipinski definition) is 8. The van der Waals surface area contributed by atoms with Crippen LogP contribution in [0.3, 0.4) is 0 Å². The highest BCUT2D eigenvalue weighted by Gasteiger charge is 2.55. The van der Waals surface area contributed by atoms with Crippen molar-refractivity contribution >= 4 is 11.9 Å². The number of likely N-dealkylation sites (N-methyl/N-ethyl adjacent to an activating group) is 1. The van der Waals surface area contributed by atoms with Gasteiger partial charge >= 0.3 is 11.9 Å². The summed E-state index contributed by atoms with van der Waals surface area (Å²) in [6.07, 6.45) is -0.291. The van der Waals surface area contributed by atoms with Gasteiger partial charge in [0.15, 0.2) is 11.5 Å². The molecule has 4 aliphatic rings. The lowest BCUT2D eigenvalue weighted by molar-refractivity contribution is -0.165. The lowest BCUT2D eigenvalue weighted by Gasteiger charge is -2.48. The minimum atomic E-state index is -0.776. The zero-order chi connectivity index (χ0) is 20.3. The fraction of sp³-hybridized carbons (Fsp3) is 0.619. The maximum Gasteiger partial charge on any atom is 0.338 e. The van der Waals surface area contributed by atoms with Crippen molar-refractivity contribution in [2.24, 2.45) is 5.92 Å². The normalized spacial score (nSPS) is 33.3. The van der Waals surface area contributed by atoms with Crippen LogP contribution in [0.25, 0.3) is 0 Å². The summed E-state index contributed by atoms with van der Waals surface area (Å²) in [5.41, 5.74) is 1.36. The van der Waals surface area contributed by atoms with Gasteiger partial charge in [-0.05, 0) is 57.0 Å². The van der Waals surface area contributed by atoms with Crippen molar-refractivity contribution in [2.45, 2.75) is 56.5 Å². The van der Waals surface area contributed by atoms with Crippen molar-refractivity contribution in [2.75, 3.05) is 20.4 Å². The lowest BCUT2D eigenvalue weighted by Crippen LogP contribution is -2.55. The van der Waals surface area contributed by atoms with Crippen LogP contribution in [0.15, 0.2) is 12.1 Å². The lowest BCUT2D eigenvalue weighted by atomic mass is 9.69. The third-order valence-corrected chi connectivity index (χ3v) is 6.58. The first-order valence-corrected chi connectivity index (χ1v) is 10.1. The summed E-state index contributed by atoms with van der Waals surface area (Å²) in [6.45, 7) is 2.63. The Morgan fingerprint density at radius 1 is 1.34 bits per heavy atom. The molecule has 0 amide bonds. The van der Waals surface area contributed by atoms with Gasteiger partial charge in [-0.25, -0.2) is 4.79 Å². The fourth-order valence-corrected chi connectivity index (χ4v) is 5.41. The average Bonchev–Trinajstić information content (AvgIpc) is 3.26. The number of esters is 2. The molecule has 1 saturated carbocycles. The number of benzene rings is 1. The summed E-state index contributed by atoms with van der Waals surface area (Å²) in [5, 5.41) is 9.51. The monoisotopic (exact) mass is 403 g/mol. The molecule has 0 aromatic heterocycles. The van der Waals surface area contributed by atoms with E-state index in [-0.39, 0.29) is 25.2 Å². The number of hydrogen-bond donors (Lipinski definition) is 1. The molecule has 0 bridgehead atoms. The van der Waals surface area contributed by atoms with Gasteiger partial charge in [0.1, 0.15) is 12.2 Å². The van der Waals surface area contributed by atoms with Crippen LogP contribution in [-0.4, -0.2) is 66.7 Å². The molecule has 1 aliphatic carbocycles. The number of carbonyl (C=O) groups is 2. The molecular weight excluding hydrogens is 378 g/mol. The number of aliphatic hydroxyl groups excluding tert-OH is 1. The molecule has 8 nitrogen and oxygen atoms in total. The second kappa shape index (κ2) is 6.88. The molecule has 6 atom stereocenters. The Kier molecular flexibility index (Phi) is 4.43. The average molecular weight is 403 g/mol. The van der Waals surface area contributed by atoms with Crippen LogP contribution >= 0.6 is 0 Å². The standard InChI is InChI=1S/C21H25NO7/c1-10(23)5-17(24)28-16-6-11-3-4-22(2)19(11)18-12-7-14-15(27-9-26-14)8-13(12)21(25)29-20(16)18/h7-8,10-11,16,18-20,23H,3-6,9H2,1-2H3/t10-,11+,16+,18-,19+,20+/m1/s1. The van der Waals surface area contributed by atoms with Gasteiger partial charge in [0.2, 0.25) is 6.79 Å². The van der Waals surface area contributed by atoms with E-state index in [1.165, 1.54) is 0 Å². The third kappa shape index (κ3) is 3.05. The van der Waals surface area contributed by atoms with Crippen LogP contribution in [0, 0.1) is 5.92 Å². The molecule has 0 spiro atoms. The SMILES string of the molecule is C[C@@H](O)CC(=O)O[C@H]1C[C@@H]2CCN(C)[C@@H]2[C@H]2c3cc4c(cc3C(=O)O[C@H]21)OCO4. The van der Waals surface area contributed by atoms with Gasteiger partial charge in [-0.15, -0.1) is 0 Å². The van der Waals surface area contributed by atoms with E-state index in [0.717, 1.165) is 18.5 Å².